The van der Waals surface area contributed by atoms with Crippen LogP contribution in [0.3, 0.4) is 0 Å². The molecule has 5 aromatic rings. The summed E-state index contributed by atoms with van der Waals surface area (Å²) in [5.41, 5.74) is -1.41. The number of methoxy groups -OCH3 is 2. The minimum Gasteiger partial charge on any atom is -0.491 e. The van der Waals surface area contributed by atoms with E-state index < -0.39 is 34.4 Å². The van der Waals surface area contributed by atoms with Gasteiger partial charge in [-0.3, -0.25) is 14.6 Å². The van der Waals surface area contributed by atoms with E-state index in [1.54, 1.807) is 6.07 Å². The Morgan fingerprint density at radius 1 is 0.950 bits per heavy atom. The Morgan fingerprint density at radius 2 is 1.73 bits per heavy atom. The van der Waals surface area contributed by atoms with Crippen LogP contribution in [0.2, 0.25) is 0 Å². The molecule has 0 aliphatic carbocycles. The quantitative estimate of drug-likeness (QED) is 0.314. The summed E-state index contributed by atoms with van der Waals surface area (Å²) in [7, 11) is 2.88. The van der Waals surface area contributed by atoms with E-state index in [0.29, 0.717) is 21.4 Å². The van der Waals surface area contributed by atoms with Crippen LogP contribution in [0.1, 0.15) is 10.4 Å². The first-order chi connectivity index (χ1) is 19.3. The van der Waals surface area contributed by atoms with Gasteiger partial charge in [0.1, 0.15) is 16.9 Å². The number of H-pyrrole nitrogens is 1. The Balaban J connectivity index is 1.40. The van der Waals surface area contributed by atoms with Crippen LogP contribution in [0, 0.1) is 11.6 Å². The van der Waals surface area contributed by atoms with E-state index in [0.717, 1.165) is 24.4 Å². The second-order valence-corrected chi connectivity index (χ2v) is 8.20. The molecule has 40 heavy (non-hydrogen) atoms. The number of halogens is 2. The smallest absolute Gasteiger partial charge is 0.333 e. The summed E-state index contributed by atoms with van der Waals surface area (Å²) in [6, 6.07) is 11.3. The van der Waals surface area contributed by atoms with E-state index in [9.17, 15) is 18.8 Å². The molecular weight excluding hydrogens is 528 g/mol. The van der Waals surface area contributed by atoms with Crippen molar-refractivity contribution in [2.75, 3.05) is 19.5 Å². The van der Waals surface area contributed by atoms with Crippen molar-refractivity contribution in [3.63, 3.8) is 0 Å². The zero-order valence-electron chi connectivity index (χ0n) is 20.9. The van der Waals surface area contributed by atoms with Crippen molar-refractivity contribution >= 4 is 22.6 Å². The summed E-state index contributed by atoms with van der Waals surface area (Å²) >= 11 is 0. The molecule has 2 N–H and O–H groups in total. The fourth-order valence-electron chi connectivity index (χ4n) is 3.83. The van der Waals surface area contributed by atoms with Crippen LogP contribution in [0.25, 0.3) is 16.7 Å². The van der Waals surface area contributed by atoms with Gasteiger partial charge in [-0.25, -0.2) is 23.1 Å². The number of nitrogens with zero attached hydrogens (tertiary/aromatic N) is 3. The number of fused-ring (bicyclic) bond motifs is 1. The highest BCUT2D eigenvalue weighted by molar-refractivity contribution is 6.03. The molecule has 2 aromatic carbocycles. The number of carbonyl (C=O) groups is 1. The summed E-state index contributed by atoms with van der Waals surface area (Å²) in [6.07, 6.45) is 2.40. The van der Waals surface area contributed by atoms with E-state index in [1.807, 2.05) is 0 Å². The standard InChI is InChI=1S/C27H19F2N5O6/c1-38-22-12-19-23(33-25(22)39-2)21(9-10-30-19)40-20-8-5-15(11-18(20)29)32-24(35)17-13-31-27(37)34(26(17)36)16-6-3-14(28)4-7-16/h3-13H,1-2H3,(H,31,37)(H,32,35). The lowest BCUT2D eigenvalue weighted by Crippen LogP contribution is -2.38. The minimum atomic E-state index is -0.947. The molecule has 0 atom stereocenters. The Morgan fingerprint density at radius 3 is 2.42 bits per heavy atom. The summed E-state index contributed by atoms with van der Waals surface area (Å²) < 4.78 is 45.1. The molecule has 0 aliphatic heterocycles. The number of aromatic nitrogens is 4. The molecule has 0 bridgehead atoms. The van der Waals surface area contributed by atoms with Crippen molar-refractivity contribution in [2.45, 2.75) is 0 Å². The Kier molecular flexibility index (Phi) is 6.93. The van der Waals surface area contributed by atoms with E-state index in [2.05, 4.69) is 20.3 Å². The van der Waals surface area contributed by atoms with E-state index in [1.165, 1.54) is 50.7 Å². The molecule has 3 aromatic heterocycles. The van der Waals surface area contributed by atoms with Crippen LogP contribution in [-0.4, -0.2) is 39.6 Å². The number of carbonyl (C=O) groups excluding carboxylic acids is 1. The first-order valence-corrected chi connectivity index (χ1v) is 11.6. The molecule has 5 rings (SSSR count). The highest BCUT2D eigenvalue weighted by Gasteiger charge is 2.18. The largest absolute Gasteiger partial charge is 0.491 e. The summed E-state index contributed by atoms with van der Waals surface area (Å²) in [5, 5.41) is 2.41. The van der Waals surface area contributed by atoms with Crippen molar-refractivity contribution in [3.8, 4) is 28.8 Å². The van der Waals surface area contributed by atoms with Gasteiger partial charge in [0.05, 0.1) is 25.4 Å². The maximum Gasteiger partial charge on any atom is 0.333 e. The Hall–Kier alpha value is -5.59. The lowest BCUT2D eigenvalue weighted by atomic mass is 10.2. The van der Waals surface area contributed by atoms with Gasteiger partial charge in [0.2, 0.25) is 0 Å². The normalized spacial score (nSPS) is 10.8. The number of rotatable bonds is 7. The van der Waals surface area contributed by atoms with E-state index in [4.69, 9.17) is 14.2 Å². The number of benzene rings is 2. The van der Waals surface area contributed by atoms with Crippen molar-refractivity contribution in [3.05, 3.63) is 105 Å². The number of hydrogen-bond donors (Lipinski definition) is 2. The second-order valence-electron chi connectivity index (χ2n) is 8.20. The lowest BCUT2D eigenvalue weighted by molar-refractivity contribution is 0.102. The molecule has 0 unspecified atom stereocenters. The topological polar surface area (TPSA) is 137 Å². The molecule has 0 radical (unpaired) electrons. The third-order valence-electron chi connectivity index (χ3n) is 5.74. The van der Waals surface area contributed by atoms with Gasteiger partial charge in [-0.15, -0.1) is 0 Å². The highest BCUT2D eigenvalue weighted by atomic mass is 19.1. The maximum absolute atomic E-state index is 15.0. The summed E-state index contributed by atoms with van der Waals surface area (Å²) in [4.78, 5) is 48.8. The van der Waals surface area contributed by atoms with Gasteiger partial charge < -0.3 is 24.5 Å². The lowest BCUT2D eigenvalue weighted by Gasteiger charge is -2.12. The Bertz CT molecular complexity index is 1870. The minimum absolute atomic E-state index is 0.0119. The fraction of sp³-hybridized carbons (Fsp3) is 0.0741. The molecule has 3 heterocycles. The van der Waals surface area contributed by atoms with E-state index in [-0.39, 0.29) is 28.8 Å². The average molecular weight is 547 g/mol. The van der Waals surface area contributed by atoms with Crippen LogP contribution < -0.4 is 30.8 Å². The molecule has 0 fully saturated rings. The maximum atomic E-state index is 15.0. The number of aromatic amines is 1. The zero-order chi connectivity index (χ0) is 28.4. The molecule has 0 saturated heterocycles. The second kappa shape index (κ2) is 10.6. The molecular formula is C27H19F2N5O6. The van der Waals surface area contributed by atoms with Crippen molar-refractivity contribution in [1.82, 2.24) is 19.5 Å². The summed E-state index contributed by atoms with van der Waals surface area (Å²) in [5.74, 6) is -1.74. The van der Waals surface area contributed by atoms with Crippen molar-refractivity contribution in [2.24, 2.45) is 0 Å². The van der Waals surface area contributed by atoms with Crippen molar-refractivity contribution < 1.29 is 27.8 Å². The zero-order valence-corrected chi connectivity index (χ0v) is 20.9. The molecule has 0 saturated carbocycles. The molecule has 202 valence electrons. The molecule has 13 heteroatoms. The van der Waals surface area contributed by atoms with Crippen LogP contribution in [0.15, 0.2) is 76.6 Å². The van der Waals surface area contributed by atoms with E-state index >= 15 is 4.39 Å². The van der Waals surface area contributed by atoms with Crippen LogP contribution >= 0.6 is 0 Å². The van der Waals surface area contributed by atoms with Crippen LogP contribution in [0.4, 0.5) is 14.5 Å². The predicted octanol–water partition coefficient (Wildman–Crippen LogP) is 3.81. The fourth-order valence-corrected chi connectivity index (χ4v) is 3.83. The van der Waals surface area contributed by atoms with Gasteiger partial charge in [0.15, 0.2) is 23.1 Å². The van der Waals surface area contributed by atoms with Gasteiger partial charge >= 0.3 is 5.69 Å². The number of pyridine rings is 2. The third-order valence-corrected chi connectivity index (χ3v) is 5.74. The van der Waals surface area contributed by atoms with Gasteiger partial charge in [0, 0.05) is 36.3 Å². The Labute approximate surface area is 223 Å². The van der Waals surface area contributed by atoms with Crippen molar-refractivity contribution in [1.29, 1.82) is 0 Å². The monoisotopic (exact) mass is 547 g/mol. The first-order valence-electron chi connectivity index (χ1n) is 11.6. The molecule has 11 nitrogen and oxygen atoms in total. The number of nitrogens with one attached hydrogen (secondary N) is 2. The highest BCUT2D eigenvalue weighted by Crippen LogP contribution is 2.35. The van der Waals surface area contributed by atoms with Gasteiger partial charge in [-0.05, 0) is 36.4 Å². The average Bonchev–Trinajstić information content (AvgIpc) is 2.94. The SMILES string of the molecule is COc1cc2nccc(Oc3ccc(NC(=O)c4c[nH]c(=O)n(-c5ccc(F)cc5)c4=O)cc3F)c2nc1OC. The van der Waals surface area contributed by atoms with Gasteiger partial charge in [-0.2, -0.15) is 0 Å². The molecule has 0 spiro atoms. The predicted molar refractivity (Wildman–Crippen MR) is 140 cm³/mol. The third kappa shape index (κ3) is 4.95. The number of anilines is 1. The number of hydrogen-bond acceptors (Lipinski definition) is 8. The van der Waals surface area contributed by atoms with Crippen LogP contribution in [-0.2, 0) is 0 Å². The number of ether oxygens (including phenoxy) is 3. The molecule has 1 amide bonds. The first kappa shape index (κ1) is 26.0. The van der Waals surface area contributed by atoms with Crippen LogP contribution in [0.5, 0.6) is 23.1 Å². The number of amides is 1. The summed E-state index contributed by atoms with van der Waals surface area (Å²) in [6.45, 7) is 0. The van der Waals surface area contributed by atoms with Gasteiger partial charge in [0.25, 0.3) is 17.3 Å². The van der Waals surface area contributed by atoms with Gasteiger partial charge in [-0.1, -0.05) is 0 Å². The molecule has 0 aliphatic rings.